The summed E-state index contributed by atoms with van der Waals surface area (Å²) in [5.41, 5.74) is 4.37. The number of pyridine rings is 1. The Labute approximate surface area is 151 Å². The number of hydrogen-bond acceptors (Lipinski definition) is 5. The van der Waals surface area contributed by atoms with Gasteiger partial charge in [0.05, 0.1) is 0 Å². The van der Waals surface area contributed by atoms with E-state index in [9.17, 15) is 4.79 Å². The van der Waals surface area contributed by atoms with E-state index in [1.165, 1.54) is 0 Å². The van der Waals surface area contributed by atoms with Crippen LogP contribution in [0, 0.1) is 6.92 Å². The lowest BCUT2D eigenvalue weighted by molar-refractivity contribution is 0.0937. The van der Waals surface area contributed by atoms with Crippen LogP contribution >= 0.6 is 0 Å². The SMILES string of the molecule is Cc1cc(-c2ccncc2)ccc1CNC(=O)c1noc(C2(C)CC2)n1. The Morgan fingerprint density at radius 1 is 1.19 bits per heavy atom. The molecule has 2 heterocycles. The summed E-state index contributed by atoms with van der Waals surface area (Å²) in [6.07, 6.45) is 5.61. The molecule has 2 aromatic heterocycles. The van der Waals surface area contributed by atoms with Crippen LogP contribution in [0.3, 0.4) is 0 Å². The van der Waals surface area contributed by atoms with Crippen LogP contribution in [-0.4, -0.2) is 21.0 Å². The highest BCUT2D eigenvalue weighted by molar-refractivity contribution is 5.90. The maximum atomic E-state index is 12.3. The van der Waals surface area contributed by atoms with Crippen molar-refractivity contribution in [3.8, 4) is 11.1 Å². The lowest BCUT2D eigenvalue weighted by atomic mass is 10.0. The maximum absolute atomic E-state index is 12.3. The largest absolute Gasteiger partial charge is 0.345 e. The van der Waals surface area contributed by atoms with Gasteiger partial charge in [0.25, 0.3) is 11.7 Å². The van der Waals surface area contributed by atoms with E-state index in [-0.39, 0.29) is 17.1 Å². The van der Waals surface area contributed by atoms with Gasteiger partial charge in [-0.1, -0.05) is 30.3 Å². The van der Waals surface area contributed by atoms with Crippen LogP contribution < -0.4 is 5.32 Å². The molecule has 1 saturated carbocycles. The first kappa shape index (κ1) is 16.4. The Hall–Kier alpha value is -3.02. The lowest BCUT2D eigenvalue weighted by Gasteiger charge is -2.09. The molecule has 26 heavy (non-hydrogen) atoms. The Kier molecular flexibility index (Phi) is 4.03. The minimum absolute atomic E-state index is 0.0368. The highest BCUT2D eigenvalue weighted by Gasteiger charge is 2.44. The molecule has 1 aliphatic rings. The van der Waals surface area contributed by atoms with Crippen LogP contribution in [0.5, 0.6) is 0 Å². The standard InChI is InChI=1S/C20H20N4O2/c1-13-11-15(14-5-9-21-10-6-14)3-4-16(13)12-22-18(25)17-23-19(26-24-17)20(2)7-8-20/h3-6,9-11H,7-8,12H2,1-2H3,(H,22,25). The van der Waals surface area contributed by atoms with Crippen LogP contribution in [0.1, 0.15) is 47.4 Å². The second-order valence-corrected chi connectivity index (χ2v) is 7.04. The number of nitrogens with zero attached hydrogens (tertiary/aromatic N) is 3. The summed E-state index contributed by atoms with van der Waals surface area (Å²) in [7, 11) is 0. The average molecular weight is 348 g/mol. The second kappa shape index (κ2) is 6.37. The smallest absolute Gasteiger partial charge is 0.292 e. The van der Waals surface area contributed by atoms with Crippen molar-refractivity contribution in [1.29, 1.82) is 0 Å². The molecule has 6 heteroatoms. The Bertz CT molecular complexity index is 945. The van der Waals surface area contributed by atoms with Crippen LogP contribution in [0.4, 0.5) is 0 Å². The number of nitrogens with one attached hydrogen (secondary N) is 1. The van der Waals surface area contributed by atoms with Gasteiger partial charge in [-0.15, -0.1) is 0 Å². The summed E-state index contributed by atoms with van der Waals surface area (Å²) in [6.45, 7) is 4.52. The molecule has 3 aromatic rings. The first-order valence-corrected chi connectivity index (χ1v) is 8.67. The van der Waals surface area contributed by atoms with E-state index in [4.69, 9.17) is 4.52 Å². The Morgan fingerprint density at radius 3 is 2.65 bits per heavy atom. The van der Waals surface area contributed by atoms with Crippen LogP contribution in [0.25, 0.3) is 11.1 Å². The quantitative estimate of drug-likeness (QED) is 0.764. The van der Waals surface area contributed by atoms with Gasteiger partial charge in [0.1, 0.15) is 0 Å². The molecule has 6 nitrogen and oxygen atoms in total. The zero-order valence-corrected chi connectivity index (χ0v) is 14.8. The van der Waals surface area contributed by atoms with Crippen molar-refractivity contribution in [2.75, 3.05) is 0 Å². The number of aryl methyl sites for hydroxylation is 1. The summed E-state index contributed by atoms with van der Waals surface area (Å²) < 4.78 is 5.23. The summed E-state index contributed by atoms with van der Waals surface area (Å²) in [6, 6.07) is 10.1. The van der Waals surface area contributed by atoms with Crippen molar-refractivity contribution >= 4 is 5.91 Å². The summed E-state index contributed by atoms with van der Waals surface area (Å²) >= 11 is 0. The molecule has 132 valence electrons. The van der Waals surface area contributed by atoms with Gasteiger partial charge in [0.2, 0.25) is 5.89 Å². The van der Waals surface area contributed by atoms with Crippen LogP contribution in [0.15, 0.2) is 47.2 Å². The number of aromatic nitrogens is 3. The van der Waals surface area contributed by atoms with Crippen molar-refractivity contribution < 1.29 is 9.32 Å². The van der Waals surface area contributed by atoms with Gasteiger partial charge in [-0.25, -0.2) is 0 Å². The molecule has 0 radical (unpaired) electrons. The normalized spacial score (nSPS) is 14.8. The molecule has 0 unspecified atom stereocenters. The minimum atomic E-state index is -0.318. The number of amides is 1. The van der Waals surface area contributed by atoms with Gasteiger partial charge in [-0.2, -0.15) is 4.98 Å². The molecule has 0 aliphatic heterocycles. The molecular weight excluding hydrogens is 328 g/mol. The van der Waals surface area contributed by atoms with Gasteiger partial charge < -0.3 is 9.84 Å². The zero-order chi connectivity index (χ0) is 18.1. The molecule has 0 saturated heterocycles. The molecule has 0 atom stereocenters. The lowest BCUT2D eigenvalue weighted by Crippen LogP contribution is -2.24. The number of benzene rings is 1. The Balaban J connectivity index is 1.43. The van der Waals surface area contributed by atoms with E-state index in [2.05, 4.69) is 33.4 Å². The van der Waals surface area contributed by atoms with Crippen molar-refractivity contribution in [3.63, 3.8) is 0 Å². The van der Waals surface area contributed by atoms with E-state index in [1.807, 2.05) is 31.2 Å². The number of carbonyl (C=O) groups excluding carboxylic acids is 1. The number of carbonyl (C=O) groups is 1. The number of hydrogen-bond donors (Lipinski definition) is 1. The molecule has 1 aliphatic carbocycles. The van der Waals surface area contributed by atoms with E-state index >= 15 is 0 Å². The molecule has 0 bridgehead atoms. The van der Waals surface area contributed by atoms with Crippen molar-refractivity contribution in [2.45, 2.75) is 38.6 Å². The van der Waals surface area contributed by atoms with E-state index in [0.29, 0.717) is 12.4 Å². The third-order valence-electron chi connectivity index (χ3n) is 4.94. The van der Waals surface area contributed by atoms with Crippen LogP contribution in [-0.2, 0) is 12.0 Å². The molecule has 1 fully saturated rings. The third-order valence-corrected chi connectivity index (χ3v) is 4.94. The highest BCUT2D eigenvalue weighted by atomic mass is 16.5. The van der Waals surface area contributed by atoms with E-state index in [1.54, 1.807) is 12.4 Å². The predicted octanol–water partition coefficient (Wildman–Crippen LogP) is 3.42. The predicted molar refractivity (Wildman–Crippen MR) is 96.5 cm³/mol. The fraction of sp³-hybridized carbons (Fsp3) is 0.300. The average Bonchev–Trinajstić information content (AvgIpc) is 3.21. The van der Waals surface area contributed by atoms with Gasteiger partial charge in [0, 0.05) is 24.4 Å². The Morgan fingerprint density at radius 2 is 1.96 bits per heavy atom. The molecule has 0 spiro atoms. The van der Waals surface area contributed by atoms with Gasteiger partial charge in [-0.05, 0) is 54.2 Å². The summed E-state index contributed by atoms with van der Waals surface area (Å²) in [5, 5.41) is 6.67. The summed E-state index contributed by atoms with van der Waals surface area (Å²) in [4.78, 5) is 20.6. The molecule has 1 amide bonds. The van der Waals surface area contributed by atoms with Crippen LogP contribution in [0.2, 0.25) is 0 Å². The van der Waals surface area contributed by atoms with Crippen molar-refractivity contribution in [2.24, 2.45) is 0 Å². The van der Waals surface area contributed by atoms with E-state index < -0.39 is 0 Å². The first-order chi connectivity index (χ1) is 12.5. The molecule has 4 rings (SSSR count). The van der Waals surface area contributed by atoms with E-state index in [0.717, 1.165) is 35.1 Å². The van der Waals surface area contributed by atoms with Gasteiger partial charge in [0.15, 0.2) is 0 Å². The topological polar surface area (TPSA) is 80.9 Å². The number of rotatable bonds is 5. The maximum Gasteiger partial charge on any atom is 0.292 e. The van der Waals surface area contributed by atoms with Crippen molar-refractivity contribution in [3.05, 3.63) is 65.6 Å². The minimum Gasteiger partial charge on any atom is -0.345 e. The second-order valence-electron chi connectivity index (χ2n) is 7.04. The van der Waals surface area contributed by atoms with Gasteiger partial charge in [-0.3, -0.25) is 9.78 Å². The first-order valence-electron chi connectivity index (χ1n) is 8.67. The fourth-order valence-electron chi connectivity index (χ4n) is 2.83. The monoisotopic (exact) mass is 348 g/mol. The fourth-order valence-corrected chi connectivity index (χ4v) is 2.83. The molecule has 1 aromatic carbocycles. The zero-order valence-electron chi connectivity index (χ0n) is 14.8. The van der Waals surface area contributed by atoms with Gasteiger partial charge >= 0.3 is 0 Å². The summed E-state index contributed by atoms with van der Waals surface area (Å²) in [5.74, 6) is 0.335. The third kappa shape index (κ3) is 3.22. The molecular formula is C20H20N4O2. The highest BCUT2D eigenvalue weighted by Crippen LogP contribution is 2.46. The molecule has 1 N–H and O–H groups in total. The van der Waals surface area contributed by atoms with Crippen molar-refractivity contribution in [1.82, 2.24) is 20.4 Å².